The van der Waals surface area contributed by atoms with E-state index in [9.17, 15) is 19.5 Å². The van der Waals surface area contributed by atoms with E-state index in [-0.39, 0.29) is 17.4 Å². The van der Waals surface area contributed by atoms with Gasteiger partial charge in [-0.05, 0) is 36.1 Å². The molecule has 3 aliphatic rings. The number of aliphatic hydroxyl groups is 1. The van der Waals surface area contributed by atoms with Gasteiger partial charge < -0.3 is 10.0 Å². The number of benzene rings is 2. The first-order chi connectivity index (χ1) is 17.1. The number of rotatable bonds is 2. The second kappa shape index (κ2) is 7.13. The van der Waals surface area contributed by atoms with Gasteiger partial charge in [-0.15, -0.1) is 6.58 Å². The number of carbonyl (C=O) groups is 2. The Kier molecular flexibility index (Phi) is 4.49. The number of hydrogen-bond donors (Lipinski definition) is 1. The second-order valence-corrected chi connectivity index (χ2v) is 10.5. The van der Waals surface area contributed by atoms with E-state index in [0.717, 1.165) is 5.56 Å². The molecule has 0 bridgehead atoms. The van der Waals surface area contributed by atoms with Gasteiger partial charge in [0.1, 0.15) is 24.1 Å². The van der Waals surface area contributed by atoms with Crippen LogP contribution in [0.4, 0.5) is 5.69 Å². The van der Waals surface area contributed by atoms with Gasteiger partial charge in [0.15, 0.2) is 0 Å². The van der Waals surface area contributed by atoms with Crippen molar-refractivity contribution in [3.8, 4) is 0 Å². The molecule has 5 unspecified atom stereocenters. The first kappa shape index (κ1) is 22.7. The Balaban J connectivity index is 1.73. The van der Waals surface area contributed by atoms with Gasteiger partial charge in [-0.2, -0.15) is 0 Å². The van der Waals surface area contributed by atoms with Gasteiger partial charge in [0.2, 0.25) is 11.8 Å². The largest absolute Gasteiger partial charge is 0.389 e. The maximum atomic E-state index is 14.1. The predicted molar refractivity (Wildman–Crippen MR) is 135 cm³/mol. The maximum Gasteiger partial charge on any atom is 0.262 e. The highest BCUT2D eigenvalue weighted by atomic mass is 16.3. The Morgan fingerprint density at radius 3 is 2.50 bits per heavy atom. The monoisotopic (exact) mass is 484 g/mol. The van der Waals surface area contributed by atoms with Crippen LogP contribution >= 0.6 is 0 Å². The van der Waals surface area contributed by atoms with Gasteiger partial charge in [0, 0.05) is 12.6 Å². The molecule has 0 saturated carbocycles. The van der Waals surface area contributed by atoms with Crippen LogP contribution in [0.5, 0.6) is 0 Å². The molecule has 36 heavy (non-hydrogen) atoms. The van der Waals surface area contributed by atoms with E-state index in [0.29, 0.717) is 22.4 Å². The van der Waals surface area contributed by atoms with Gasteiger partial charge in [0.05, 0.1) is 22.4 Å². The minimum atomic E-state index is -1.17. The summed E-state index contributed by atoms with van der Waals surface area (Å²) in [5, 5.41) is 12.8. The number of allylic oxidation sites excluding steroid dienone is 1. The molecule has 184 valence electrons. The van der Waals surface area contributed by atoms with Gasteiger partial charge in [0.25, 0.3) is 5.56 Å². The molecule has 5 atom stereocenters. The standard InChI is InChI=1S/C28H28N4O4/c1-6-27(4,5)28-18-12-8-10-14-20(18)31(16(3)33)26(28)32-21(22(28)34)23-29-19-13-9-7-11-17(19)25(36)30(23)15(2)24(32)35/h6-15,21-22,26,34H,1H2,2-5H3. The fourth-order valence-corrected chi connectivity index (χ4v) is 6.88. The third-order valence-electron chi connectivity index (χ3n) is 8.60. The van der Waals surface area contributed by atoms with Gasteiger partial charge in [-0.1, -0.05) is 50.3 Å². The lowest BCUT2D eigenvalue weighted by molar-refractivity contribution is -0.142. The van der Waals surface area contributed by atoms with Crippen molar-refractivity contribution < 1.29 is 14.7 Å². The molecule has 0 aliphatic carbocycles. The molecule has 1 aromatic heterocycles. The number of aromatic nitrogens is 2. The molecular formula is C28H28N4O4. The number of aliphatic hydroxyl groups excluding tert-OH is 1. The highest BCUT2D eigenvalue weighted by Crippen LogP contribution is 2.65. The Morgan fingerprint density at radius 2 is 1.81 bits per heavy atom. The molecule has 4 heterocycles. The zero-order chi connectivity index (χ0) is 25.7. The zero-order valence-corrected chi connectivity index (χ0v) is 20.7. The van der Waals surface area contributed by atoms with Gasteiger partial charge >= 0.3 is 0 Å². The van der Waals surface area contributed by atoms with E-state index in [1.54, 1.807) is 47.1 Å². The van der Waals surface area contributed by atoms with Crippen molar-refractivity contribution in [3.63, 3.8) is 0 Å². The van der Waals surface area contributed by atoms with E-state index >= 15 is 0 Å². The van der Waals surface area contributed by atoms with Gasteiger partial charge in [-0.3, -0.25) is 23.9 Å². The van der Waals surface area contributed by atoms with Crippen LogP contribution in [0.25, 0.3) is 10.9 Å². The molecule has 1 saturated heterocycles. The van der Waals surface area contributed by atoms with Crippen LogP contribution < -0.4 is 10.5 Å². The molecule has 3 aromatic rings. The van der Waals surface area contributed by atoms with E-state index < -0.39 is 35.2 Å². The molecular weight excluding hydrogens is 456 g/mol. The summed E-state index contributed by atoms with van der Waals surface area (Å²) >= 11 is 0. The van der Waals surface area contributed by atoms with Crippen LogP contribution in [-0.2, 0) is 15.0 Å². The van der Waals surface area contributed by atoms with Crippen molar-refractivity contribution in [2.24, 2.45) is 5.41 Å². The normalized spacial score (nSPS) is 28.5. The average Bonchev–Trinajstić information content (AvgIpc) is 3.32. The molecule has 1 fully saturated rings. The molecule has 8 heteroatoms. The highest BCUT2D eigenvalue weighted by molar-refractivity contribution is 5.98. The Hall–Kier alpha value is -3.78. The summed E-state index contributed by atoms with van der Waals surface area (Å²) in [6, 6.07) is 12.7. The van der Waals surface area contributed by atoms with Crippen molar-refractivity contribution in [1.82, 2.24) is 14.5 Å². The number of nitrogens with zero attached hydrogens (tertiary/aromatic N) is 4. The summed E-state index contributed by atoms with van der Waals surface area (Å²) in [6.45, 7) is 11.1. The lowest BCUT2D eigenvalue weighted by Crippen LogP contribution is -2.60. The molecule has 3 aliphatic heterocycles. The average molecular weight is 485 g/mol. The summed E-state index contributed by atoms with van der Waals surface area (Å²) < 4.78 is 1.41. The quantitative estimate of drug-likeness (QED) is 0.564. The summed E-state index contributed by atoms with van der Waals surface area (Å²) in [4.78, 5) is 48.8. The van der Waals surface area contributed by atoms with Crippen LogP contribution in [-0.4, -0.2) is 43.6 Å². The predicted octanol–water partition coefficient (Wildman–Crippen LogP) is 3.06. The molecule has 2 aromatic carbocycles. The highest BCUT2D eigenvalue weighted by Gasteiger charge is 2.74. The molecule has 6 rings (SSSR count). The first-order valence-corrected chi connectivity index (χ1v) is 12.1. The van der Waals surface area contributed by atoms with E-state index in [4.69, 9.17) is 4.98 Å². The van der Waals surface area contributed by atoms with Gasteiger partial charge in [-0.25, -0.2) is 4.98 Å². The summed E-state index contributed by atoms with van der Waals surface area (Å²) in [5.41, 5.74) is -0.235. The van der Waals surface area contributed by atoms with E-state index in [1.807, 2.05) is 38.1 Å². The van der Waals surface area contributed by atoms with Crippen LogP contribution in [0, 0.1) is 5.41 Å². The lowest BCUT2D eigenvalue weighted by atomic mass is 9.58. The van der Waals surface area contributed by atoms with Crippen molar-refractivity contribution in [1.29, 1.82) is 0 Å². The number of anilines is 1. The fraction of sp³-hybridized carbons (Fsp3) is 0.357. The van der Waals surface area contributed by atoms with Crippen molar-refractivity contribution in [2.45, 2.75) is 57.5 Å². The molecule has 8 nitrogen and oxygen atoms in total. The second-order valence-electron chi connectivity index (χ2n) is 10.5. The molecule has 0 spiro atoms. The first-order valence-electron chi connectivity index (χ1n) is 12.1. The minimum Gasteiger partial charge on any atom is -0.389 e. The number of carbonyl (C=O) groups excluding carboxylic acids is 2. The SMILES string of the molecule is C=CC(C)(C)C12c3ccccc3N(C(C)=O)C1N1C(=O)C(C)n3c(nc4ccccc4c3=O)C1C2O. The van der Waals surface area contributed by atoms with E-state index in [2.05, 4.69) is 6.58 Å². The molecule has 2 amide bonds. The molecule has 0 radical (unpaired) electrons. The van der Waals surface area contributed by atoms with Crippen molar-refractivity contribution in [2.75, 3.05) is 4.90 Å². The topological polar surface area (TPSA) is 95.7 Å². The number of para-hydroxylation sites is 2. The summed E-state index contributed by atoms with van der Waals surface area (Å²) in [6.07, 6.45) is -0.207. The minimum absolute atomic E-state index is 0.239. The van der Waals surface area contributed by atoms with Crippen molar-refractivity contribution in [3.05, 3.63) is 82.9 Å². The van der Waals surface area contributed by atoms with Crippen molar-refractivity contribution >= 4 is 28.4 Å². The maximum absolute atomic E-state index is 14.1. The number of amides is 2. The number of fused-ring (bicyclic) bond motifs is 8. The fourth-order valence-electron chi connectivity index (χ4n) is 6.88. The molecule has 1 N–H and O–H groups in total. The van der Waals surface area contributed by atoms with Crippen LogP contribution in [0.1, 0.15) is 51.2 Å². The Morgan fingerprint density at radius 1 is 1.14 bits per heavy atom. The summed E-state index contributed by atoms with van der Waals surface area (Å²) in [7, 11) is 0. The van der Waals surface area contributed by atoms with E-state index in [1.165, 1.54) is 11.5 Å². The third kappa shape index (κ3) is 2.38. The summed E-state index contributed by atoms with van der Waals surface area (Å²) in [5.74, 6) is -0.249. The number of hydrogen-bond acceptors (Lipinski definition) is 5. The lowest BCUT2D eigenvalue weighted by Gasteiger charge is -2.46. The third-order valence-corrected chi connectivity index (χ3v) is 8.60. The van der Waals surface area contributed by atoms with Crippen LogP contribution in [0.2, 0.25) is 0 Å². The van der Waals surface area contributed by atoms with Crippen LogP contribution in [0.3, 0.4) is 0 Å². The van der Waals surface area contributed by atoms with Crippen LogP contribution in [0.15, 0.2) is 66.0 Å². The Bertz CT molecular complexity index is 1540. The smallest absolute Gasteiger partial charge is 0.262 e. The zero-order valence-electron chi connectivity index (χ0n) is 20.7. The Labute approximate surface area is 208 Å².